The summed E-state index contributed by atoms with van der Waals surface area (Å²) in [4.78, 5) is 23.5. The number of carbonyl (C=O) groups is 1. The van der Waals surface area contributed by atoms with Crippen molar-refractivity contribution in [2.45, 2.75) is 24.7 Å². The van der Waals surface area contributed by atoms with Gasteiger partial charge in [0.05, 0.1) is 15.5 Å². The van der Waals surface area contributed by atoms with Crippen molar-refractivity contribution in [2.75, 3.05) is 18.4 Å². The zero-order chi connectivity index (χ0) is 22.9. The van der Waals surface area contributed by atoms with Crippen LogP contribution in [0.15, 0.2) is 65.6 Å². The number of carbonyl (C=O) groups excluding carboxylic acids is 1. The average molecular weight is 454 g/mol. The number of non-ortho nitro benzene ring substituents is 1. The number of nitro benzene ring substituents is 1. The third kappa shape index (κ3) is 4.35. The highest BCUT2D eigenvalue weighted by Gasteiger charge is 2.32. The number of sulfonamides is 1. The predicted octanol–water partition coefficient (Wildman–Crippen LogP) is 4.10. The van der Waals surface area contributed by atoms with E-state index in [1.807, 2.05) is 24.3 Å². The van der Waals surface area contributed by atoms with Gasteiger partial charge in [0.15, 0.2) is 0 Å². The van der Waals surface area contributed by atoms with E-state index in [9.17, 15) is 23.3 Å². The van der Waals surface area contributed by atoms with Crippen molar-refractivity contribution in [1.29, 1.82) is 0 Å². The van der Waals surface area contributed by atoms with Crippen LogP contribution in [-0.4, -0.2) is 36.6 Å². The van der Waals surface area contributed by atoms with Crippen molar-refractivity contribution in [2.24, 2.45) is 5.92 Å². The highest BCUT2D eigenvalue weighted by molar-refractivity contribution is 7.89. The number of benzene rings is 3. The topological polar surface area (TPSA) is 110 Å². The van der Waals surface area contributed by atoms with Crippen LogP contribution in [0, 0.1) is 23.0 Å². The summed E-state index contributed by atoms with van der Waals surface area (Å²) < 4.78 is 27.6. The van der Waals surface area contributed by atoms with Crippen molar-refractivity contribution in [1.82, 2.24) is 4.31 Å². The minimum Gasteiger partial charge on any atom is -0.325 e. The lowest BCUT2D eigenvalue weighted by Gasteiger charge is -2.30. The van der Waals surface area contributed by atoms with Crippen molar-refractivity contribution in [3.05, 3.63) is 76.3 Å². The Balaban J connectivity index is 1.43. The maximum Gasteiger partial charge on any atom is 0.271 e. The number of nitro groups is 1. The quantitative estimate of drug-likeness (QED) is 0.462. The SMILES string of the molecule is Cc1ccc([N+](=O)[O-])cc1NC(=O)C1CCN(S(=O)(=O)c2ccc3ccccc3c2)CC1. The minimum atomic E-state index is -3.66. The summed E-state index contributed by atoms with van der Waals surface area (Å²) >= 11 is 0. The second-order valence-corrected chi connectivity index (χ2v) is 9.87. The van der Waals surface area contributed by atoms with Crippen LogP contribution < -0.4 is 5.32 Å². The number of fused-ring (bicyclic) bond motifs is 1. The summed E-state index contributed by atoms with van der Waals surface area (Å²) in [5.41, 5.74) is 1.03. The average Bonchev–Trinajstić information content (AvgIpc) is 2.80. The van der Waals surface area contributed by atoms with Gasteiger partial charge in [-0.15, -0.1) is 0 Å². The second kappa shape index (κ2) is 8.68. The van der Waals surface area contributed by atoms with Crippen LogP contribution in [0.2, 0.25) is 0 Å². The number of amides is 1. The Bertz CT molecular complexity index is 1300. The first-order chi connectivity index (χ1) is 15.3. The molecule has 32 heavy (non-hydrogen) atoms. The molecule has 0 aliphatic carbocycles. The summed E-state index contributed by atoms with van der Waals surface area (Å²) in [7, 11) is -3.66. The molecular weight excluding hydrogens is 430 g/mol. The molecule has 166 valence electrons. The molecule has 1 saturated heterocycles. The third-order valence-corrected chi connectivity index (χ3v) is 7.77. The van der Waals surface area contributed by atoms with Crippen LogP contribution in [-0.2, 0) is 14.8 Å². The summed E-state index contributed by atoms with van der Waals surface area (Å²) in [6.45, 7) is 2.24. The number of nitrogens with one attached hydrogen (secondary N) is 1. The lowest BCUT2D eigenvalue weighted by molar-refractivity contribution is -0.384. The number of piperidine rings is 1. The van der Waals surface area contributed by atoms with E-state index in [1.165, 1.54) is 16.4 Å². The van der Waals surface area contributed by atoms with Gasteiger partial charge in [0.1, 0.15) is 0 Å². The Hall–Kier alpha value is -3.30. The van der Waals surface area contributed by atoms with E-state index in [0.717, 1.165) is 16.3 Å². The van der Waals surface area contributed by atoms with Gasteiger partial charge in [0.2, 0.25) is 15.9 Å². The van der Waals surface area contributed by atoms with E-state index in [-0.39, 0.29) is 35.5 Å². The van der Waals surface area contributed by atoms with Gasteiger partial charge in [-0.1, -0.05) is 36.4 Å². The molecule has 0 radical (unpaired) electrons. The Kier molecular flexibility index (Phi) is 5.94. The Labute approximate surface area is 186 Å². The summed E-state index contributed by atoms with van der Waals surface area (Å²) in [6.07, 6.45) is 0.763. The third-order valence-electron chi connectivity index (χ3n) is 5.87. The zero-order valence-electron chi connectivity index (χ0n) is 17.5. The number of hydrogen-bond donors (Lipinski definition) is 1. The molecule has 0 spiro atoms. The fraction of sp³-hybridized carbons (Fsp3) is 0.261. The normalized spacial score (nSPS) is 15.5. The van der Waals surface area contributed by atoms with Crippen LogP contribution in [0.25, 0.3) is 10.8 Å². The number of hydrogen-bond acceptors (Lipinski definition) is 5. The number of anilines is 1. The van der Waals surface area contributed by atoms with E-state index < -0.39 is 14.9 Å². The molecule has 1 amide bonds. The van der Waals surface area contributed by atoms with Crippen LogP contribution in [0.1, 0.15) is 18.4 Å². The molecule has 1 aliphatic heterocycles. The fourth-order valence-corrected chi connectivity index (χ4v) is 5.43. The first-order valence-corrected chi connectivity index (χ1v) is 11.7. The van der Waals surface area contributed by atoms with Gasteiger partial charge in [-0.25, -0.2) is 8.42 Å². The molecule has 0 atom stereocenters. The summed E-state index contributed by atoms with van der Waals surface area (Å²) in [6, 6.07) is 17.0. The van der Waals surface area contributed by atoms with E-state index in [2.05, 4.69) is 5.32 Å². The van der Waals surface area contributed by atoms with E-state index in [0.29, 0.717) is 18.5 Å². The van der Waals surface area contributed by atoms with Gasteiger partial charge in [-0.05, 0) is 48.2 Å². The van der Waals surface area contributed by atoms with Crippen molar-refractivity contribution >= 4 is 38.1 Å². The maximum absolute atomic E-state index is 13.1. The lowest BCUT2D eigenvalue weighted by atomic mass is 9.97. The van der Waals surface area contributed by atoms with Gasteiger partial charge in [-0.2, -0.15) is 4.31 Å². The molecule has 1 N–H and O–H groups in total. The molecule has 9 heteroatoms. The predicted molar refractivity (Wildman–Crippen MR) is 122 cm³/mol. The molecule has 3 aromatic carbocycles. The number of rotatable bonds is 5. The van der Waals surface area contributed by atoms with Gasteiger partial charge < -0.3 is 5.32 Å². The maximum atomic E-state index is 13.1. The molecule has 0 aromatic heterocycles. The number of aryl methyl sites for hydroxylation is 1. The molecule has 0 saturated carbocycles. The van der Waals surface area contributed by atoms with Gasteiger partial charge in [0.25, 0.3) is 5.69 Å². The van der Waals surface area contributed by atoms with E-state index in [4.69, 9.17) is 0 Å². The standard InChI is InChI=1S/C23H23N3O5S/c1-16-6-8-20(26(28)29)15-22(16)24-23(27)18-10-12-25(13-11-18)32(30,31)21-9-7-17-4-2-3-5-19(17)14-21/h2-9,14-15,18H,10-13H2,1H3,(H,24,27). The minimum absolute atomic E-state index is 0.0952. The Morgan fingerprint density at radius 3 is 2.41 bits per heavy atom. The van der Waals surface area contributed by atoms with Gasteiger partial charge in [0, 0.05) is 31.1 Å². The second-order valence-electron chi connectivity index (χ2n) is 7.93. The fourth-order valence-electron chi connectivity index (χ4n) is 3.93. The largest absolute Gasteiger partial charge is 0.325 e. The number of nitrogens with zero attached hydrogens (tertiary/aromatic N) is 2. The molecule has 1 aliphatic rings. The van der Waals surface area contributed by atoms with Crippen LogP contribution in [0.4, 0.5) is 11.4 Å². The summed E-state index contributed by atoms with van der Waals surface area (Å²) in [5.74, 6) is -0.618. The molecule has 0 unspecified atom stereocenters. The van der Waals surface area contributed by atoms with Gasteiger partial charge in [-0.3, -0.25) is 14.9 Å². The first-order valence-electron chi connectivity index (χ1n) is 10.3. The highest BCUT2D eigenvalue weighted by atomic mass is 32.2. The molecule has 8 nitrogen and oxygen atoms in total. The lowest BCUT2D eigenvalue weighted by Crippen LogP contribution is -2.41. The summed E-state index contributed by atoms with van der Waals surface area (Å²) in [5, 5.41) is 15.6. The smallest absolute Gasteiger partial charge is 0.271 e. The molecule has 0 bridgehead atoms. The molecule has 4 rings (SSSR count). The molecular formula is C23H23N3O5S. The van der Waals surface area contributed by atoms with E-state index >= 15 is 0 Å². The van der Waals surface area contributed by atoms with Crippen LogP contribution in [0.3, 0.4) is 0 Å². The highest BCUT2D eigenvalue weighted by Crippen LogP contribution is 2.28. The van der Waals surface area contributed by atoms with Gasteiger partial charge >= 0.3 is 0 Å². The Morgan fingerprint density at radius 1 is 1.03 bits per heavy atom. The first kappa shape index (κ1) is 21.9. The molecule has 1 fully saturated rings. The molecule has 3 aromatic rings. The van der Waals surface area contributed by atoms with Crippen molar-refractivity contribution in [3.63, 3.8) is 0 Å². The Morgan fingerprint density at radius 2 is 1.72 bits per heavy atom. The van der Waals surface area contributed by atoms with Crippen molar-refractivity contribution < 1.29 is 18.1 Å². The molecule has 1 heterocycles. The van der Waals surface area contributed by atoms with Crippen molar-refractivity contribution in [3.8, 4) is 0 Å². The van der Waals surface area contributed by atoms with E-state index in [1.54, 1.807) is 31.2 Å². The van der Waals surface area contributed by atoms with Crippen LogP contribution >= 0.6 is 0 Å². The zero-order valence-corrected chi connectivity index (χ0v) is 18.3. The monoisotopic (exact) mass is 453 g/mol. The van der Waals surface area contributed by atoms with Crippen LogP contribution in [0.5, 0.6) is 0 Å².